The molecule has 0 aliphatic rings. The maximum absolute atomic E-state index is 12.9. The molecule has 156 valence electrons. The van der Waals surface area contributed by atoms with Gasteiger partial charge in [-0.05, 0) is 51.1 Å². The molecule has 29 heavy (non-hydrogen) atoms. The summed E-state index contributed by atoms with van der Waals surface area (Å²) < 4.78 is 32.1. The van der Waals surface area contributed by atoms with Gasteiger partial charge in [0.2, 0.25) is 0 Å². The van der Waals surface area contributed by atoms with E-state index in [0.29, 0.717) is 18.8 Å². The molecule has 2 rings (SSSR count). The number of sulfonamides is 1. The van der Waals surface area contributed by atoms with Crippen molar-refractivity contribution in [3.63, 3.8) is 0 Å². The van der Waals surface area contributed by atoms with Crippen LogP contribution in [0.2, 0.25) is 0 Å². The maximum atomic E-state index is 12.9. The Balaban J connectivity index is 2.18. The van der Waals surface area contributed by atoms with Crippen LogP contribution in [0.15, 0.2) is 53.4 Å². The first-order chi connectivity index (χ1) is 13.7. The smallest absolute Gasteiger partial charge is 0.338 e. The maximum Gasteiger partial charge on any atom is 0.338 e. The highest BCUT2D eigenvalue weighted by Crippen LogP contribution is 2.23. The number of ether oxygens (including phenoxy) is 1. The molecule has 0 fully saturated rings. The molecule has 0 saturated heterocycles. The molecule has 0 aliphatic heterocycles. The van der Waals surface area contributed by atoms with E-state index in [0.717, 1.165) is 9.87 Å². The van der Waals surface area contributed by atoms with Crippen LogP contribution in [0.5, 0.6) is 0 Å². The van der Waals surface area contributed by atoms with E-state index in [1.807, 2.05) is 32.9 Å². The molecule has 0 saturated carbocycles. The van der Waals surface area contributed by atoms with Crippen molar-refractivity contribution in [1.82, 2.24) is 4.90 Å². The summed E-state index contributed by atoms with van der Waals surface area (Å²) in [6, 6.07) is 12.7. The van der Waals surface area contributed by atoms with Crippen molar-refractivity contribution in [3.8, 4) is 0 Å². The summed E-state index contributed by atoms with van der Waals surface area (Å²) in [6.45, 7) is 6.24. The first kappa shape index (κ1) is 22.4. The molecule has 0 aromatic heterocycles. The summed E-state index contributed by atoms with van der Waals surface area (Å²) in [6.07, 6.45) is 0. The second-order valence-electron chi connectivity index (χ2n) is 6.48. The fourth-order valence-corrected chi connectivity index (χ4v) is 3.96. The minimum atomic E-state index is -3.86. The number of likely N-dealkylation sites (N-methyl/N-ethyl adjacent to an activating group) is 1. The molecule has 2 aromatic rings. The zero-order chi connectivity index (χ0) is 21.6. The average Bonchev–Trinajstić information content (AvgIpc) is 2.73. The molecular formula is C21H26N2O5S. The second kappa shape index (κ2) is 9.56. The number of hydrogen-bond acceptors (Lipinski definition) is 5. The quantitative estimate of drug-likeness (QED) is 0.616. The highest BCUT2D eigenvalue weighted by atomic mass is 32.2. The van der Waals surface area contributed by atoms with Gasteiger partial charge in [0.05, 0.1) is 16.1 Å². The van der Waals surface area contributed by atoms with Crippen LogP contribution in [0, 0.1) is 6.92 Å². The predicted octanol–water partition coefficient (Wildman–Crippen LogP) is 2.85. The van der Waals surface area contributed by atoms with Gasteiger partial charge < -0.3 is 9.64 Å². The van der Waals surface area contributed by atoms with Crippen molar-refractivity contribution < 1.29 is 22.7 Å². The first-order valence-corrected chi connectivity index (χ1v) is 10.7. The number of rotatable bonds is 8. The highest BCUT2D eigenvalue weighted by molar-refractivity contribution is 7.92. The third-order valence-electron chi connectivity index (χ3n) is 4.57. The number of benzene rings is 2. The number of amides is 1. The third-order valence-corrected chi connectivity index (χ3v) is 6.35. The Morgan fingerprint density at radius 2 is 1.62 bits per heavy atom. The number of nitrogens with zero attached hydrogens (tertiary/aromatic N) is 2. The third kappa shape index (κ3) is 5.35. The summed E-state index contributed by atoms with van der Waals surface area (Å²) in [5, 5.41) is 0. The first-order valence-electron chi connectivity index (χ1n) is 9.31. The van der Waals surface area contributed by atoms with Gasteiger partial charge in [0.1, 0.15) is 0 Å². The standard InChI is InChI=1S/C21H26N2O5S/c1-5-23(6-2)20(24)15-28-21(25)17-8-7-9-19(14-17)29(26,27)22(4)18-12-10-16(3)11-13-18/h7-14H,5-6,15H2,1-4H3. The Kier molecular flexibility index (Phi) is 7.39. The van der Waals surface area contributed by atoms with Gasteiger partial charge in [-0.3, -0.25) is 9.10 Å². The fourth-order valence-electron chi connectivity index (χ4n) is 2.71. The van der Waals surface area contributed by atoms with Gasteiger partial charge in [-0.1, -0.05) is 23.8 Å². The molecule has 0 unspecified atom stereocenters. The van der Waals surface area contributed by atoms with E-state index >= 15 is 0 Å². The largest absolute Gasteiger partial charge is 0.452 e. The number of aryl methyl sites for hydroxylation is 1. The molecule has 0 heterocycles. The predicted molar refractivity (Wildman–Crippen MR) is 111 cm³/mol. The van der Waals surface area contributed by atoms with Crippen LogP contribution in [-0.4, -0.2) is 51.9 Å². The summed E-state index contributed by atoms with van der Waals surface area (Å²) >= 11 is 0. The van der Waals surface area contributed by atoms with E-state index in [1.54, 1.807) is 17.0 Å². The van der Waals surface area contributed by atoms with E-state index < -0.39 is 16.0 Å². The monoisotopic (exact) mass is 418 g/mol. The molecule has 1 amide bonds. The van der Waals surface area contributed by atoms with Crippen molar-refractivity contribution >= 4 is 27.6 Å². The molecule has 0 atom stereocenters. The van der Waals surface area contributed by atoms with Gasteiger partial charge in [-0.15, -0.1) is 0 Å². The summed E-state index contributed by atoms with van der Waals surface area (Å²) in [7, 11) is -2.41. The van der Waals surface area contributed by atoms with E-state index in [1.165, 1.54) is 31.3 Å². The number of hydrogen-bond donors (Lipinski definition) is 0. The molecule has 0 aliphatic carbocycles. The molecule has 0 N–H and O–H groups in total. The van der Waals surface area contributed by atoms with Crippen molar-refractivity contribution in [2.75, 3.05) is 31.0 Å². The molecular weight excluding hydrogens is 392 g/mol. The lowest BCUT2D eigenvalue weighted by Crippen LogP contribution is -2.34. The Hall–Kier alpha value is -2.87. The van der Waals surface area contributed by atoms with E-state index in [-0.39, 0.29) is 23.0 Å². The Morgan fingerprint density at radius 3 is 2.21 bits per heavy atom. The molecule has 7 nitrogen and oxygen atoms in total. The Bertz CT molecular complexity index is 967. The van der Waals surface area contributed by atoms with Crippen molar-refractivity contribution in [1.29, 1.82) is 0 Å². The van der Waals surface area contributed by atoms with E-state index in [9.17, 15) is 18.0 Å². The van der Waals surface area contributed by atoms with Crippen LogP contribution in [0.1, 0.15) is 29.8 Å². The SMILES string of the molecule is CCN(CC)C(=O)COC(=O)c1cccc(S(=O)(=O)N(C)c2ccc(C)cc2)c1. The molecule has 8 heteroatoms. The fraction of sp³-hybridized carbons (Fsp3) is 0.333. The topological polar surface area (TPSA) is 84.0 Å². The average molecular weight is 419 g/mol. The van der Waals surface area contributed by atoms with Crippen LogP contribution >= 0.6 is 0 Å². The van der Waals surface area contributed by atoms with E-state index in [2.05, 4.69) is 0 Å². The van der Waals surface area contributed by atoms with E-state index in [4.69, 9.17) is 4.74 Å². The highest BCUT2D eigenvalue weighted by Gasteiger charge is 2.23. The van der Waals surface area contributed by atoms with Crippen LogP contribution in [-0.2, 0) is 19.6 Å². The molecule has 0 radical (unpaired) electrons. The second-order valence-corrected chi connectivity index (χ2v) is 8.45. The van der Waals surface area contributed by atoms with Crippen LogP contribution in [0.3, 0.4) is 0 Å². The van der Waals surface area contributed by atoms with Crippen molar-refractivity contribution in [2.45, 2.75) is 25.7 Å². The number of carbonyl (C=O) groups excluding carboxylic acids is 2. The van der Waals surface area contributed by atoms with Crippen molar-refractivity contribution in [3.05, 3.63) is 59.7 Å². The number of carbonyl (C=O) groups is 2. The molecule has 0 spiro atoms. The summed E-state index contributed by atoms with van der Waals surface area (Å²) in [5.41, 5.74) is 1.59. The molecule has 0 bridgehead atoms. The van der Waals surface area contributed by atoms with Gasteiger partial charge in [-0.2, -0.15) is 0 Å². The van der Waals surface area contributed by atoms with Crippen LogP contribution in [0.25, 0.3) is 0 Å². The summed E-state index contributed by atoms with van der Waals surface area (Å²) in [4.78, 5) is 25.8. The minimum Gasteiger partial charge on any atom is -0.452 e. The number of anilines is 1. The van der Waals surface area contributed by atoms with Crippen LogP contribution in [0.4, 0.5) is 5.69 Å². The van der Waals surface area contributed by atoms with Gasteiger partial charge in [-0.25, -0.2) is 13.2 Å². The molecule has 2 aromatic carbocycles. The van der Waals surface area contributed by atoms with Gasteiger partial charge >= 0.3 is 5.97 Å². The van der Waals surface area contributed by atoms with Gasteiger partial charge in [0, 0.05) is 20.1 Å². The normalized spacial score (nSPS) is 11.0. The lowest BCUT2D eigenvalue weighted by molar-refractivity contribution is -0.134. The van der Waals surface area contributed by atoms with Gasteiger partial charge in [0.15, 0.2) is 6.61 Å². The zero-order valence-electron chi connectivity index (χ0n) is 17.1. The minimum absolute atomic E-state index is 0.0369. The Labute approximate surface area is 171 Å². The van der Waals surface area contributed by atoms with Crippen LogP contribution < -0.4 is 4.31 Å². The lowest BCUT2D eigenvalue weighted by Gasteiger charge is -2.20. The van der Waals surface area contributed by atoms with Gasteiger partial charge in [0.25, 0.3) is 15.9 Å². The lowest BCUT2D eigenvalue weighted by atomic mass is 10.2. The van der Waals surface area contributed by atoms with Crippen molar-refractivity contribution in [2.24, 2.45) is 0 Å². The Morgan fingerprint density at radius 1 is 1.00 bits per heavy atom. The summed E-state index contributed by atoms with van der Waals surface area (Å²) in [5.74, 6) is -1.05. The zero-order valence-corrected chi connectivity index (χ0v) is 17.9. The number of esters is 1.